The Morgan fingerprint density at radius 3 is 2.67 bits per heavy atom. The van der Waals surface area contributed by atoms with Crippen molar-refractivity contribution in [2.45, 2.75) is 34.2 Å². The van der Waals surface area contributed by atoms with Crippen LogP contribution >= 0.6 is 0 Å². The molecule has 0 aliphatic rings. The Kier molecular flexibility index (Phi) is 4.84. The maximum atomic E-state index is 10.8. The third-order valence-corrected chi connectivity index (χ3v) is 3.48. The molecule has 18 heavy (non-hydrogen) atoms. The minimum Gasteiger partial charge on any atom is -0.477 e. The second-order valence-corrected chi connectivity index (χ2v) is 5.57. The SMILES string of the molecule is CC(C)C(C)(C)CNCc1cccc(C(=O)O)n1. The van der Waals surface area contributed by atoms with E-state index in [1.54, 1.807) is 6.07 Å². The Labute approximate surface area is 108 Å². The molecule has 0 fully saturated rings. The molecule has 100 valence electrons. The van der Waals surface area contributed by atoms with E-state index in [9.17, 15) is 4.79 Å². The molecule has 0 bridgehead atoms. The van der Waals surface area contributed by atoms with Crippen LogP contribution in [0.1, 0.15) is 43.9 Å². The molecule has 0 saturated heterocycles. The van der Waals surface area contributed by atoms with Crippen LogP contribution in [0.3, 0.4) is 0 Å². The van der Waals surface area contributed by atoms with Crippen molar-refractivity contribution in [3.8, 4) is 0 Å². The Balaban J connectivity index is 2.54. The van der Waals surface area contributed by atoms with E-state index in [4.69, 9.17) is 5.11 Å². The Bertz CT molecular complexity index is 414. The first-order valence-corrected chi connectivity index (χ1v) is 6.23. The summed E-state index contributed by atoms with van der Waals surface area (Å²) in [5.41, 5.74) is 1.07. The van der Waals surface area contributed by atoms with Crippen molar-refractivity contribution in [1.29, 1.82) is 0 Å². The first-order valence-electron chi connectivity index (χ1n) is 6.23. The van der Waals surface area contributed by atoms with Crippen LogP contribution in [-0.4, -0.2) is 22.6 Å². The first kappa shape index (κ1) is 14.6. The van der Waals surface area contributed by atoms with Crippen LogP contribution in [0.15, 0.2) is 18.2 Å². The first-order chi connectivity index (χ1) is 8.33. The number of aromatic nitrogens is 1. The van der Waals surface area contributed by atoms with Gasteiger partial charge < -0.3 is 10.4 Å². The predicted octanol–water partition coefficient (Wildman–Crippen LogP) is 2.55. The minimum atomic E-state index is -0.987. The number of rotatable bonds is 6. The number of nitrogens with zero attached hydrogens (tertiary/aromatic N) is 1. The molecule has 1 aromatic heterocycles. The molecular formula is C14H22N2O2. The van der Waals surface area contributed by atoms with Gasteiger partial charge in [0.15, 0.2) is 0 Å². The molecule has 0 saturated carbocycles. The van der Waals surface area contributed by atoms with Gasteiger partial charge in [0.2, 0.25) is 0 Å². The maximum absolute atomic E-state index is 10.8. The van der Waals surface area contributed by atoms with Gasteiger partial charge in [0.1, 0.15) is 5.69 Å². The van der Waals surface area contributed by atoms with Crippen LogP contribution in [0, 0.1) is 11.3 Å². The van der Waals surface area contributed by atoms with E-state index in [1.807, 2.05) is 6.07 Å². The van der Waals surface area contributed by atoms with Gasteiger partial charge in [-0.2, -0.15) is 0 Å². The van der Waals surface area contributed by atoms with Crippen LogP contribution in [0.4, 0.5) is 0 Å². The van der Waals surface area contributed by atoms with Crippen molar-refractivity contribution in [1.82, 2.24) is 10.3 Å². The summed E-state index contributed by atoms with van der Waals surface area (Å²) in [6.07, 6.45) is 0. The molecule has 4 heteroatoms. The second-order valence-electron chi connectivity index (χ2n) is 5.57. The summed E-state index contributed by atoms with van der Waals surface area (Å²) >= 11 is 0. The number of carbonyl (C=O) groups is 1. The third-order valence-electron chi connectivity index (χ3n) is 3.48. The molecule has 0 unspecified atom stereocenters. The molecular weight excluding hydrogens is 228 g/mol. The van der Waals surface area contributed by atoms with Crippen molar-refractivity contribution in [3.05, 3.63) is 29.6 Å². The van der Waals surface area contributed by atoms with E-state index in [0.717, 1.165) is 12.2 Å². The topological polar surface area (TPSA) is 62.2 Å². The van der Waals surface area contributed by atoms with E-state index in [-0.39, 0.29) is 11.1 Å². The molecule has 2 N–H and O–H groups in total. The van der Waals surface area contributed by atoms with Gasteiger partial charge in [0, 0.05) is 13.1 Å². The fraction of sp³-hybridized carbons (Fsp3) is 0.571. The molecule has 4 nitrogen and oxygen atoms in total. The maximum Gasteiger partial charge on any atom is 0.354 e. The van der Waals surface area contributed by atoms with Crippen molar-refractivity contribution >= 4 is 5.97 Å². The number of pyridine rings is 1. The van der Waals surface area contributed by atoms with Gasteiger partial charge in [-0.1, -0.05) is 33.8 Å². The zero-order chi connectivity index (χ0) is 13.8. The van der Waals surface area contributed by atoms with Crippen molar-refractivity contribution in [2.24, 2.45) is 11.3 Å². The highest BCUT2D eigenvalue weighted by Crippen LogP contribution is 2.24. The van der Waals surface area contributed by atoms with Gasteiger partial charge in [-0.3, -0.25) is 0 Å². The second kappa shape index (κ2) is 5.96. The molecule has 0 radical (unpaired) electrons. The van der Waals surface area contributed by atoms with Gasteiger partial charge in [0.05, 0.1) is 5.69 Å². The zero-order valence-corrected chi connectivity index (χ0v) is 11.5. The van der Waals surface area contributed by atoms with Gasteiger partial charge in [-0.25, -0.2) is 9.78 Å². The third kappa shape index (κ3) is 4.11. The van der Waals surface area contributed by atoms with E-state index >= 15 is 0 Å². The molecule has 1 heterocycles. The number of carboxylic acid groups (broad SMARTS) is 1. The lowest BCUT2D eigenvalue weighted by atomic mass is 9.81. The van der Waals surface area contributed by atoms with Crippen molar-refractivity contribution in [3.63, 3.8) is 0 Å². The van der Waals surface area contributed by atoms with Gasteiger partial charge in [-0.15, -0.1) is 0 Å². The number of carboxylic acids is 1. The molecule has 0 amide bonds. The molecule has 0 aromatic carbocycles. The van der Waals surface area contributed by atoms with Crippen LogP contribution in [-0.2, 0) is 6.54 Å². The Morgan fingerprint density at radius 1 is 1.44 bits per heavy atom. The molecule has 0 atom stereocenters. The fourth-order valence-corrected chi connectivity index (χ4v) is 1.41. The summed E-state index contributed by atoms with van der Waals surface area (Å²) < 4.78 is 0. The van der Waals surface area contributed by atoms with E-state index in [2.05, 4.69) is 38.0 Å². The Hall–Kier alpha value is -1.42. The monoisotopic (exact) mass is 250 g/mol. The van der Waals surface area contributed by atoms with Crippen molar-refractivity contribution in [2.75, 3.05) is 6.54 Å². The van der Waals surface area contributed by atoms with Crippen LogP contribution in [0.5, 0.6) is 0 Å². The summed E-state index contributed by atoms with van der Waals surface area (Å²) in [6.45, 7) is 10.3. The molecule has 0 aliphatic carbocycles. The summed E-state index contributed by atoms with van der Waals surface area (Å²) in [5.74, 6) is -0.400. The predicted molar refractivity (Wildman–Crippen MR) is 71.5 cm³/mol. The van der Waals surface area contributed by atoms with Crippen LogP contribution < -0.4 is 5.32 Å². The smallest absolute Gasteiger partial charge is 0.354 e. The van der Waals surface area contributed by atoms with Gasteiger partial charge >= 0.3 is 5.97 Å². The number of nitrogens with one attached hydrogen (secondary N) is 1. The Morgan fingerprint density at radius 2 is 2.11 bits per heavy atom. The van der Waals surface area contributed by atoms with Crippen LogP contribution in [0.25, 0.3) is 0 Å². The average Bonchev–Trinajstić information content (AvgIpc) is 2.29. The average molecular weight is 250 g/mol. The highest BCUT2D eigenvalue weighted by atomic mass is 16.4. The van der Waals surface area contributed by atoms with Gasteiger partial charge in [0.25, 0.3) is 0 Å². The number of hydrogen-bond donors (Lipinski definition) is 2. The molecule has 1 aromatic rings. The zero-order valence-electron chi connectivity index (χ0n) is 11.5. The van der Waals surface area contributed by atoms with Crippen molar-refractivity contribution < 1.29 is 9.90 Å². The molecule has 0 spiro atoms. The van der Waals surface area contributed by atoms with Crippen LogP contribution in [0.2, 0.25) is 0 Å². The van der Waals surface area contributed by atoms with E-state index in [1.165, 1.54) is 6.07 Å². The van der Waals surface area contributed by atoms with E-state index < -0.39 is 5.97 Å². The quantitative estimate of drug-likeness (QED) is 0.814. The number of aromatic carboxylic acids is 1. The largest absolute Gasteiger partial charge is 0.477 e. The molecule has 0 aliphatic heterocycles. The standard InChI is InChI=1S/C14H22N2O2/c1-10(2)14(3,4)9-15-8-11-6-5-7-12(16-11)13(17)18/h5-7,10,15H,8-9H2,1-4H3,(H,17,18). The minimum absolute atomic E-state index is 0.0948. The normalized spacial score (nSPS) is 11.8. The van der Waals surface area contributed by atoms with E-state index in [0.29, 0.717) is 12.5 Å². The van der Waals surface area contributed by atoms with Gasteiger partial charge in [-0.05, 0) is 23.5 Å². The lowest BCUT2D eigenvalue weighted by Crippen LogP contribution is -2.33. The summed E-state index contributed by atoms with van der Waals surface area (Å²) in [7, 11) is 0. The highest BCUT2D eigenvalue weighted by Gasteiger charge is 2.21. The summed E-state index contributed by atoms with van der Waals surface area (Å²) in [6, 6.07) is 5.06. The molecule has 1 rings (SSSR count). The number of hydrogen-bond acceptors (Lipinski definition) is 3. The lowest BCUT2D eigenvalue weighted by Gasteiger charge is -2.29. The fourth-order valence-electron chi connectivity index (χ4n) is 1.41. The summed E-state index contributed by atoms with van der Waals surface area (Å²) in [4.78, 5) is 14.9. The summed E-state index contributed by atoms with van der Waals surface area (Å²) in [5, 5.41) is 12.2. The highest BCUT2D eigenvalue weighted by molar-refractivity contribution is 5.85. The lowest BCUT2D eigenvalue weighted by molar-refractivity contribution is 0.0690.